The lowest BCUT2D eigenvalue weighted by atomic mass is 10.3. The lowest BCUT2D eigenvalue weighted by Crippen LogP contribution is -1.98. The molecule has 0 aliphatic rings. The van der Waals surface area contributed by atoms with E-state index in [1.807, 2.05) is 34.6 Å². The van der Waals surface area contributed by atoms with Crippen LogP contribution in [0.25, 0.3) is 0 Å². The number of aromatic nitrogens is 1. The first kappa shape index (κ1) is 15.1. The highest BCUT2D eigenvalue weighted by molar-refractivity contribution is 5.85. The second-order valence-electron chi connectivity index (χ2n) is 2.03. The summed E-state index contributed by atoms with van der Waals surface area (Å²) in [4.78, 5) is 13.9. The number of carbonyl (C=O) groups is 1. The first-order valence-electron chi connectivity index (χ1n) is 4.86. The SMILES string of the molecule is CC.CC.Cc1ccc(C(=O)O)nc1. The molecule has 0 aliphatic carbocycles. The minimum absolute atomic E-state index is 0.0885. The summed E-state index contributed by atoms with van der Waals surface area (Å²) < 4.78 is 0. The third-order valence-electron chi connectivity index (χ3n) is 1.13. The molecule has 0 radical (unpaired) electrons. The Morgan fingerprint density at radius 1 is 1.21 bits per heavy atom. The van der Waals surface area contributed by atoms with Crippen LogP contribution in [0.5, 0.6) is 0 Å². The lowest BCUT2D eigenvalue weighted by molar-refractivity contribution is 0.0690. The molecule has 14 heavy (non-hydrogen) atoms. The van der Waals surface area contributed by atoms with Gasteiger partial charge in [0.25, 0.3) is 0 Å². The number of carboxylic acids is 1. The lowest BCUT2D eigenvalue weighted by Gasteiger charge is -1.91. The highest BCUT2D eigenvalue weighted by atomic mass is 16.4. The molecule has 3 nitrogen and oxygen atoms in total. The van der Waals surface area contributed by atoms with E-state index in [0.29, 0.717) is 0 Å². The van der Waals surface area contributed by atoms with Gasteiger partial charge in [0.05, 0.1) is 0 Å². The predicted molar refractivity (Wildman–Crippen MR) is 58.6 cm³/mol. The average molecular weight is 197 g/mol. The van der Waals surface area contributed by atoms with Crippen LogP contribution in [0.15, 0.2) is 18.3 Å². The molecule has 3 heteroatoms. The summed E-state index contributed by atoms with van der Waals surface area (Å²) in [5, 5.41) is 8.41. The van der Waals surface area contributed by atoms with E-state index in [1.165, 1.54) is 12.3 Å². The Hall–Kier alpha value is -1.38. The van der Waals surface area contributed by atoms with Gasteiger partial charge in [-0.2, -0.15) is 0 Å². The quantitative estimate of drug-likeness (QED) is 0.752. The van der Waals surface area contributed by atoms with E-state index in [2.05, 4.69) is 4.98 Å². The van der Waals surface area contributed by atoms with Crippen molar-refractivity contribution in [2.75, 3.05) is 0 Å². The number of rotatable bonds is 1. The van der Waals surface area contributed by atoms with Crippen molar-refractivity contribution in [1.29, 1.82) is 0 Å². The highest BCUT2D eigenvalue weighted by Gasteiger charge is 2.00. The number of hydrogen-bond acceptors (Lipinski definition) is 2. The molecule has 0 saturated heterocycles. The first-order valence-corrected chi connectivity index (χ1v) is 4.86. The van der Waals surface area contributed by atoms with Crippen LogP contribution in [0.3, 0.4) is 0 Å². The van der Waals surface area contributed by atoms with Crippen molar-refractivity contribution in [3.05, 3.63) is 29.6 Å². The van der Waals surface area contributed by atoms with E-state index in [0.717, 1.165) is 5.56 Å². The van der Waals surface area contributed by atoms with Gasteiger partial charge in [-0.15, -0.1) is 0 Å². The van der Waals surface area contributed by atoms with Crippen LogP contribution in [-0.4, -0.2) is 16.1 Å². The number of nitrogens with zero attached hydrogens (tertiary/aromatic N) is 1. The first-order chi connectivity index (χ1) is 6.70. The van der Waals surface area contributed by atoms with Crippen LogP contribution in [0.1, 0.15) is 43.7 Å². The zero-order valence-electron chi connectivity index (χ0n) is 9.53. The van der Waals surface area contributed by atoms with Crippen LogP contribution < -0.4 is 0 Å². The van der Waals surface area contributed by atoms with Crippen molar-refractivity contribution in [1.82, 2.24) is 4.98 Å². The Kier molecular flexibility index (Phi) is 10.5. The molecule has 0 aliphatic heterocycles. The van der Waals surface area contributed by atoms with Crippen LogP contribution in [-0.2, 0) is 0 Å². The summed E-state index contributed by atoms with van der Waals surface area (Å²) in [5.41, 5.74) is 1.05. The number of hydrogen-bond donors (Lipinski definition) is 1. The standard InChI is InChI=1S/C7H7NO2.2C2H6/c1-5-2-3-6(7(9)10)8-4-5;2*1-2/h2-4H,1H3,(H,9,10);2*1-2H3. The molecule has 0 amide bonds. The number of carboxylic acid groups (broad SMARTS) is 1. The average Bonchev–Trinajstić information content (AvgIpc) is 2.24. The van der Waals surface area contributed by atoms with Gasteiger partial charge < -0.3 is 5.11 Å². The Labute approximate surface area is 85.8 Å². The second kappa shape index (κ2) is 9.71. The van der Waals surface area contributed by atoms with Crippen molar-refractivity contribution in [3.63, 3.8) is 0 Å². The minimum atomic E-state index is -0.986. The normalized spacial score (nSPS) is 7.50. The van der Waals surface area contributed by atoms with Crippen molar-refractivity contribution < 1.29 is 9.90 Å². The van der Waals surface area contributed by atoms with Gasteiger partial charge in [-0.25, -0.2) is 9.78 Å². The number of aromatic carboxylic acids is 1. The summed E-state index contributed by atoms with van der Waals surface area (Å²) in [6, 6.07) is 3.20. The topological polar surface area (TPSA) is 50.2 Å². The molecule has 0 fully saturated rings. The number of aryl methyl sites for hydroxylation is 1. The van der Waals surface area contributed by atoms with Crippen LogP contribution in [0, 0.1) is 6.92 Å². The number of pyridine rings is 1. The summed E-state index contributed by atoms with van der Waals surface area (Å²) in [7, 11) is 0. The molecule has 0 unspecified atom stereocenters. The molecule has 1 heterocycles. The van der Waals surface area contributed by atoms with Gasteiger partial charge in [-0.1, -0.05) is 33.8 Å². The predicted octanol–water partition coefficient (Wildman–Crippen LogP) is 3.14. The molecule has 0 spiro atoms. The molecule has 1 aromatic rings. The summed E-state index contributed by atoms with van der Waals surface area (Å²) in [6.07, 6.45) is 1.53. The zero-order chi connectivity index (χ0) is 11.6. The van der Waals surface area contributed by atoms with Crippen molar-refractivity contribution >= 4 is 5.97 Å². The molecule has 80 valence electrons. The molecule has 1 N–H and O–H groups in total. The van der Waals surface area contributed by atoms with E-state index in [9.17, 15) is 4.79 Å². The molecule has 0 bridgehead atoms. The molecule has 1 rings (SSSR count). The van der Waals surface area contributed by atoms with E-state index in [1.54, 1.807) is 6.07 Å². The fourth-order valence-electron chi connectivity index (χ4n) is 0.594. The van der Waals surface area contributed by atoms with E-state index in [4.69, 9.17) is 5.11 Å². The van der Waals surface area contributed by atoms with Crippen molar-refractivity contribution in [3.8, 4) is 0 Å². The van der Waals surface area contributed by atoms with Crippen molar-refractivity contribution in [2.24, 2.45) is 0 Å². The largest absolute Gasteiger partial charge is 0.477 e. The van der Waals surface area contributed by atoms with Gasteiger partial charge in [0.15, 0.2) is 0 Å². The van der Waals surface area contributed by atoms with E-state index < -0.39 is 5.97 Å². The third kappa shape index (κ3) is 6.17. The van der Waals surface area contributed by atoms with Crippen LogP contribution >= 0.6 is 0 Å². The maximum Gasteiger partial charge on any atom is 0.354 e. The van der Waals surface area contributed by atoms with E-state index >= 15 is 0 Å². The maximum atomic E-state index is 10.2. The molecular formula is C11H19NO2. The summed E-state index contributed by atoms with van der Waals surface area (Å²) >= 11 is 0. The summed E-state index contributed by atoms with van der Waals surface area (Å²) in [6.45, 7) is 9.86. The van der Waals surface area contributed by atoms with Gasteiger partial charge >= 0.3 is 5.97 Å². The molecular weight excluding hydrogens is 178 g/mol. The molecule has 0 saturated carbocycles. The van der Waals surface area contributed by atoms with Gasteiger partial charge in [0.2, 0.25) is 0 Å². The van der Waals surface area contributed by atoms with Crippen LogP contribution in [0.2, 0.25) is 0 Å². The fourth-order valence-corrected chi connectivity index (χ4v) is 0.594. The molecule has 1 aromatic heterocycles. The van der Waals surface area contributed by atoms with Gasteiger partial charge in [0.1, 0.15) is 5.69 Å². The van der Waals surface area contributed by atoms with Crippen LogP contribution in [0.4, 0.5) is 0 Å². The van der Waals surface area contributed by atoms with Gasteiger partial charge in [0, 0.05) is 6.20 Å². The Bertz CT molecular complexity index is 242. The minimum Gasteiger partial charge on any atom is -0.477 e. The maximum absolute atomic E-state index is 10.2. The molecule has 0 aromatic carbocycles. The molecule has 0 atom stereocenters. The van der Waals surface area contributed by atoms with Gasteiger partial charge in [-0.05, 0) is 18.6 Å². The Morgan fingerprint density at radius 2 is 1.71 bits per heavy atom. The van der Waals surface area contributed by atoms with Gasteiger partial charge in [-0.3, -0.25) is 0 Å². The monoisotopic (exact) mass is 197 g/mol. The zero-order valence-corrected chi connectivity index (χ0v) is 9.53. The highest BCUT2D eigenvalue weighted by Crippen LogP contribution is 1.97. The Morgan fingerprint density at radius 3 is 2.00 bits per heavy atom. The van der Waals surface area contributed by atoms with Crippen molar-refractivity contribution in [2.45, 2.75) is 34.6 Å². The second-order valence-corrected chi connectivity index (χ2v) is 2.03. The van der Waals surface area contributed by atoms with E-state index in [-0.39, 0.29) is 5.69 Å². The smallest absolute Gasteiger partial charge is 0.354 e. The summed E-state index contributed by atoms with van der Waals surface area (Å²) in [5.74, 6) is -0.986. The fraction of sp³-hybridized carbons (Fsp3) is 0.455. The third-order valence-corrected chi connectivity index (χ3v) is 1.13. The Balaban J connectivity index is 0.